The molecule has 1 amide bonds. The van der Waals surface area contributed by atoms with Crippen molar-refractivity contribution in [2.24, 2.45) is 0 Å². The summed E-state index contributed by atoms with van der Waals surface area (Å²) in [6, 6.07) is 16.3. The molecule has 1 aliphatic heterocycles. The number of halogens is 1. The van der Waals surface area contributed by atoms with Crippen molar-refractivity contribution in [1.29, 1.82) is 0 Å². The first-order valence-corrected chi connectivity index (χ1v) is 10.6. The van der Waals surface area contributed by atoms with Gasteiger partial charge in [0.2, 0.25) is 5.95 Å². The van der Waals surface area contributed by atoms with Gasteiger partial charge in [0, 0.05) is 17.5 Å². The predicted octanol–water partition coefficient (Wildman–Crippen LogP) is 4.42. The van der Waals surface area contributed by atoms with Gasteiger partial charge in [-0.15, -0.1) is 5.10 Å². The summed E-state index contributed by atoms with van der Waals surface area (Å²) in [5, 5.41) is 10.7. The molecule has 8 nitrogen and oxygen atoms in total. The highest BCUT2D eigenvalue weighted by molar-refractivity contribution is 6.06. The third kappa shape index (κ3) is 3.77. The largest absolute Gasteiger partial charge is 0.496 e. The van der Waals surface area contributed by atoms with E-state index < -0.39 is 17.8 Å². The maximum atomic E-state index is 15.0. The van der Waals surface area contributed by atoms with Gasteiger partial charge in [0.15, 0.2) is 5.82 Å². The number of allylic oxidation sites excluding steroid dienone is 1. The highest BCUT2D eigenvalue weighted by Gasteiger charge is 2.36. The van der Waals surface area contributed by atoms with Crippen LogP contribution in [0.4, 0.5) is 16.0 Å². The van der Waals surface area contributed by atoms with Crippen molar-refractivity contribution in [2.45, 2.75) is 13.0 Å². The Morgan fingerprint density at radius 2 is 1.91 bits per heavy atom. The van der Waals surface area contributed by atoms with E-state index in [4.69, 9.17) is 4.74 Å². The molecule has 0 spiro atoms. The summed E-state index contributed by atoms with van der Waals surface area (Å²) in [7, 11) is 1.57. The normalized spacial score (nSPS) is 14.9. The fraction of sp³-hybridized carbons (Fsp3) is 0.120. The van der Waals surface area contributed by atoms with Crippen molar-refractivity contribution in [2.75, 3.05) is 17.7 Å². The van der Waals surface area contributed by atoms with Gasteiger partial charge in [-0.05, 0) is 37.3 Å². The molecule has 1 aliphatic rings. The van der Waals surface area contributed by atoms with E-state index in [2.05, 4.69) is 25.7 Å². The van der Waals surface area contributed by atoms with Crippen LogP contribution in [0.2, 0.25) is 0 Å². The first kappa shape index (κ1) is 21.3. The molecule has 0 fully saturated rings. The Morgan fingerprint density at radius 1 is 1.12 bits per heavy atom. The third-order valence-corrected chi connectivity index (χ3v) is 5.56. The zero-order chi connectivity index (χ0) is 23.7. The zero-order valence-electron chi connectivity index (χ0n) is 18.5. The van der Waals surface area contributed by atoms with E-state index in [0.29, 0.717) is 45.6 Å². The Kier molecular flexibility index (Phi) is 5.51. The molecule has 0 unspecified atom stereocenters. The SMILES string of the molecule is COc1ccccc1-c1nc2n(n1)[C@H](c1ccccc1F)C(C(=O)Nc1cccnc1)=C(C)N2. The molecule has 0 radical (unpaired) electrons. The molecule has 2 aromatic heterocycles. The van der Waals surface area contributed by atoms with Gasteiger partial charge in [-0.2, -0.15) is 4.98 Å². The lowest BCUT2D eigenvalue weighted by molar-refractivity contribution is -0.113. The van der Waals surface area contributed by atoms with Crippen LogP contribution in [0.15, 0.2) is 84.3 Å². The number of fused-ring (bicyclic) bond motifs is 1. The minimum Gasteiger partial charge on any atom is -0.496 e. The second kappa shape index (κ2) is 8.78. The fourth-order valence-corrected chi connectivity index (χ4v) is 4.01. The van der Waals surface area contributed by atoms with Gasteiger partial charge in [-0.3, -0.25) is 9.78 Å². The molecule has 9 heteroatoms. The molecule has 34 heavy (non-hydrogen) atoms. The van der Waals surface area contributed by atoms with Crippen LogP contribution in [-0.4, -0.2) is 32.8 Å². The van der Waals surface area contributed by atoms with Crippen molar-refractivity contribution in [3.05, 3.63) is 95.7 Å². The maximum Gasteiger partial charge on any atom is 0.255 e. The Labute approximate surface area is 195 Å². The Bertz CT molecular complexity index is 1400. The number of nitrogens with zero attached hydrogens (tertiary/aromatic N) is 4. The monoisotopic (exact) mass is 456 g/mol. The van der Waals surface area contributed by atoms with E-state index in [0.717, 1.165) is 0 Å². The van der Waals surface area contributed by atoms with Crippen LogP contribution in [0.5, 0.6) is 5.75 Å². The second-order valence-electron chi connectivity index (χ2n) is 7.69. The summed E-state index contributed by atoms with van der Waals surface area (Å²) in [5.74, 6) is 0.542. The number of pyridine rings is 1. The van der Waals surface area contributed by atoms with E-state index in [9.17, 15) is 4.79 Å². The van der Waals surface area contributed by atoms with Gasteiger partial charge >= 0.3 is 0 Å². The summed E-state index contributed by atoms with van der Waals surface area (Å²) in [5.41, 5.74) is 2.37. The summed E-state index contributed by atoms with van der Waals surface area (Å²) in [6.45, 7) is 1.76. The average Bonchev–Trinajstić information content (AvgIpc) is 3.27. The number of ether oxygens (including phenoxy) is 1. The lowest BCUT2D eigenvalue weighted by Crippen LogP contribution is -2.32. The number of para-hydroxylation sites is 1. The number of hydrogen-bond donors (Lipinski definition) is 2. The van der Waals surface area contributed by atoms with Gasteiger partial charge in [0.1, 0.15) is 17.6 Å². The molecule has 170 valence electrons. The van der Waals surface area contributed by atoms with Crippen molar-refractivity contribution >= 4 is 17.5 Å². The summed E-state index contributed by atoms with van der Waals surface area (Å²) >= 11 is 0. The zero-order valence-corrected chi connectivity index (χ0v) is 18.5. The molecule has 3 heterocycles. The number of nitrogens with one attached hydrogen (secondary N) is 2. The number of benzene rings is 2. The van der Waals surface area contributed by atoms with Gasteiger partial charge in [-0.25, -0.2) is 9.07 Å². The summed E-state index contributed by atoms with van der Waals surface area (Å²) < 4.78 is 22.0. The van der Waals surface area contributed by atoms with Crippen LogP contribution in [0, 0.1) is 5.82 Å². The van der Waals surface area contributed by atoms with Gasteiger partial charge in [0.25, 0.3) is 5.91 Å². The number of methoxy groups -OCH3 is 1. The smallest absolute Gasteiger partial charge is 0.255 e. The van der Waals surface area contributed by atoms with Crippen molar-refractivity contribution in [3.8, 4) is 17.1 Å². The number of carbonyl (C=O) groups excluding carboxylic acids is 1. The van der Waals surface area contributed by atoms with Crippen LogP contribution in [0.1, 0.15) is 18.5 Å². The third-order valence-electron chi connectivity index (χ3n) is 5.56. The van der Waals surface area contributed by atoms with E-state index in [1.165, 1.54) is 10.7 Å². The molecule has 0 saturated carbocycles. The molecule has 0 bridgehead atoms. The first-order valence-electron chi connectivity index (χ1n) is 10.6. The number of aromatic nitrogens is 4. The van der Waals surface area contributed by atoms with E-state index >= 15 is 4.39 Å². The molecule has 2 N–H and O–H groups in total. The first-order chi connectivity index (χ1) is 16.6. The lowest BCUT2D eigenvalue weighted by atomic mass is 9.94. The van der Waals surface area contributed by atoms with Crippen LogP contribution < -0.4 is 15.4 Å². The minimum atomic E-state index is -0.843. The Balaban J connectivity index is 1.64. The van der Waals surface area contributed by atoms with Gasteiger partial charge < -0.3 is 15.4 Å². The van der Waals surface area contributed by atoms with E-state index in [-0.39, 0.29) is 0 Å². The Hall–Kier alpha value is -4.53. The number of rotatable bonds is 5. The van der Waals surface area contributed by atoms with Crippen molar-refractivity contribution in [1.82, 2.24) is 19.7 Å². The predicted molar refractivity (Wildman–Crippen MR) is 126 cm³/mol. The highest BCUT2D eigenvalue weighted by Crippen LogP contribution is 2.38. The number of hydrogen-bond acceptors (Lipinski definition) is 6. The Morgan fingerprint density at radius 3 is 2.68 bits per heavy atom. The van der Waals surface area contributed by atoms with Crippen molar-refractivity contribution in [3.63, 3.8) is 0 Å². The lowest BCUT2D eigenvalue weighted by Gasteiger charge is -2.28. The average molecular weight is 456 g/mol. The van der Waals surface area contributed by atoms with Gasteiger partial charge in [0.05, 0.1) is 30.1 Å². The summed E-state index contributed by atoms with van der Waals surface area (Å²) in [4.78, 5) is 22.1. The molecule has 4 aromatic rings. The van der Waals surface area contributed by atoms with Crippen molar-refractivity contribution < 1.29 is 13.9 Å². The molecule has 1 atom stereocenters. The van der Waals surface area contributed by atoms with Crippen LogP contribution >= 0.6 is 0 Å². The number of anilines is 2. The molecular weight excluding hydrogens is 435 g/mol. The van der Waals surface area contributed by atoms with Crippen LogP contribution in [0.25, 0.3) is 11.4 Å². The summed E-state index contributed by atoms with van der Waals surface area (Å²) in [6.07, 6.45) is 3.16. The highest BCUT2D eigenvalue weighted by atomic mass is 19.1. The molecule has 2 aromatic carbocycles. The van der Waals surface area contributed by atoms with Gasteiger partial charge in [-0.1, -0.05) is 30.3 Å². The number of carbonyl (C=O) groups is 1. The number of amides is 1. The van der Waals surface area contributed by atoms with Crippen LogP contribution in [0.3, 0.4) is 0 Å². The minimum absolute atomic E-state index is 0.303. The maximum absolute atomic E-state index is 15.0. The molecule has 0 aliphatic carbocycles. The van der Waals surface area contributed by atoms with E-state index in [1.807, 2.05) is 24.3 Å². The van der Waals surface area contributed by atoms with E-state index in [1.54, 1.807) is 56.8 Å². The standard InChI is InChI=1S/C25H21FN6O2/c1-15-21(24(33)29-16-8-7-13-27-14-16)22(17-9-3-5-11-19(17)26)32-25(28-15)30-23(31-32)18-10-4-6-12-20(18)34-2/h3-14,22H,1-2H3,(H,29,33)(H,28,30,31)/t22-/m1/s1. The fourth-order valence-electron chi connectivity index (χ4n) is 4.01. The topological polar surface area (TPSA) is 94.0 Å². The van der Waals surface area contributed by atoms with Crippen LogP contribution in [-0.2, 0) is 4.79 Å². The quantitative estimate of drug-likeness (QED) is 0.462. The second-order valence-corrected chi connectivity index (χ2v) is 7.69. The molecular formula is C25H21FN6O2. The molecule has 0 saturated heterocycles. The molecule has 5 rings (SSSR count).